The average molecular weight is 486 g/mol. The molecule has 0 spiro atoms. The van der Waals surface area contributed by atoms with Crippen molar-refractivity contribution in [1.82, 2.24) is 15.6 Å². The minimum absolute atomic E-state index is 0. The van der Waals surface area contributed by atoms with Crippen LogP contribution in [0.5, 0.6) is 5.75 Å². The Kier molecular flexibility index (Phi) is 11.1. The molecule has 1 atom stereocenters. The fourth-order valence-corrected chi connectivity index (χ4v) is 3.25. The van der Waals surface area contributed by atoms with Crippen molar-refractivity contribution in [3.8, 4) is 5.75 Å². The van der Waals surface area contributed by atoms with Gasteiger partial charge in [-0.1, -0.05) is 25.1 Å². The van der Waals surface area contributed by atoms with Crippen molar-refractivity contribution in [1.29, 1.82) is 0 Å². The number of guanidine groups is 1. The Morgan fingerprint density at radius 1 is 1.19 bits per heavy atom. The van der Waals surface area contributed by atoms with Gasteiger partial charge in [-0.2, -0.15) is 0 Å². The maximum atomic E-state index is 5.40. The van der Waals surface area contributed by atoms with Crippen molar-refractivity contribution >= 4 is 41.7 Å². The molecule has 0 saturated carbocycles. The molecule has 0 amide bonds. The van der Waals surface area contributed by atoms with E-state index in [2.05, 4.69) is 33.6 Å². The lowest BCUT2D eigenvalue weighted by Crippen LogP contribution is -2.39. The number of ether oxygens (including phenoxy) is 1. The summed E-state index contributed by atoms with van der Waals surface area (Å²) in [6, 6.07) is 14.0. The van der Waals surface area contributed by atoms with Crippen molar-refractivity contribution in [2.75, 3.05) is 26.5 Å². The number of halogens is 1. The molecule has 0 aliphatic heterocycles. The largest absolute Gasteiger partial charge is 0.496 e. The van der Waals surface area contributed by atoms with Gasteiger partial charge in [0.15, 0.2) is 5.96 Å². The molecule has 1 heterocycles. The molecule has 2 aromatic rings. The number of benzene rings is 1. The number of rotatable bonds is 8. The maximum absolute atomic E-state index is 5.40. The lowest BCUT2D eigenvalue weighted by atomic mass is 10.2. The second kappa shape index (κ2) is 12.8. The number of nitrogens with one attached hydrogen (secondary N) is 2. The van der Waals surface area contributed by atoms with E-state index in [4.69, 9.17) is 4.74 Å². The Balaban J connectivity index is 0.00000338. The number of thioether (sulfide) groups is 1. The van der Waals surface area contributed by atoms with E-state index >= 15 is 0 Å². The molecule has 26 heavy (non-hydrogen) atoms. The third-order valence-electron chi connectivity index (χ3n) is 3.60. The van der Waals surface area contributed by atoms with Gasteiger partial charge in [0.25, 0.3) is 0 Å². The molecule has 0 fully saturated rings. The highest BCUT2D eigenvalue weighted by atomic mass is 127. The van der Waals surface area contributed by atoms with Crippen LogP contribution in [0.4, 0.5) is 0 Å². The predicted octanol–water partition coefficient (Wildman–Crippen LogP) is 3.80. The SMILES string of the molecule is CN=C(NCc1ccccn1)NCC(C)CSc1ccccc1OC.I. The van der Waals surface area contributed by atoms with E-state index in [9.17, 15) is 0 Å². The molecule has 0 saturated heterocycles. The topological polar surface area (TPSA) is 58.5 Å². The number of pyridine rings is 1. The first-order valence-corrected chi connectivity index (χ1v) is 9.31. The monoisotopic (exact) mass is 486 g/mol. The minimum atomic E-state index is 0. The summed E-state index contributed by atoms with van der Waals surface area (Å²) in [5.41, 5.74) is 0.991. The van der Waals surface area contributed by atoms with Crippen LogP contribution in [-0.2, 0) is 6.54 Å². The zero-order chi connectivity index (χ0) is 17.9. The molecule has 1 aromatic carbocycles. The summed E-state index contributed by atoms with van der Waals surface area (Å²) in [4.78, 5) is 9.74. The van der Waals surface area contributed by atoms with E-state index in [1.54, 1.807) is 20.4 Å². The van der Waals surface area contributed by atoms with Crippen LogP contribution in [0.15, 0.2) is 58.5 Å². The second-order valence-corrected chi connectivity index (χ2v) is 6.76. The van der Waals surface area contributed by atoms with Gasteiger partial charge in [-0.3, -0.25) is 9.98 Å². The summed E-state index contributed by atoms with van der Waals surface area (Å²) in [5, 5.41) is 6.65. The molecule has 0 aliphatic carbocycles. The van der Waals surface area contributed by atoms with Crippen molar-refractivity contribution in [3.63, 3.8) is 0 Å². The van der Waals surface area contributed by atoms with Crippen molar-refractivity contribution in [2.45, 2.75) is 18.4 Å². The first kappa shape index (κ1) is 22.6. The van der Waals surface area contributed by atoms with Gasteiger partial charge in [0.05, 0.1) is 19.3 Å². The summed E-state index contributed by atoms with van der Waals surface area (Å²) in [6.07, 6.45) is 1.80. The van der Waals surface area contributed by atoms with E-state index in [0.717, 1.165) is 29.7 Å². The Bertz CT molecular complexity index is 670. The van der Waals surface area contributed by atoms with Crippen LogP contribution in [0.3, 0.4) is 0 Å². The Hall–Kier alpha value is -1.48. The van der Waals surface area contributed by atoms with E-state index in [1.165, 1.54) is 4.90 Å². The molecule has 142 valence electrons. The summed E-state index contributed by atoms with van der Waals surface area (Å²) >= 11 is 1.81. The van der Waals surface area contributed by atoms with Crippen LogP contribution < -0.4 is 15.4 Å². The summed E-state index contributed by atoms with van der Waals surface area (Å²) < 4.78 is 5.40. The van der Waals surface area contributed by atoms with E-state index in [0.29, 0.717) is 12.5 Å². The quantitative estimate of drug-likeness (QED) is 0.257. The third kappa shape index (κ3) is 7.82. The third-order valence-corrected chi connectivity index (χ3v) is 4.98. The van der Waals surface area contributed by atoms with Crippen molar-refractivity contribution in [2.24, 2.45) is 10.9 Å². The van der Waals surface area contributed by atoms with Gasteiger partial charge in [0.1, 0.15) is 5.75 Å². The number of para-hydroxylation sites is 1. The molecule has 2 N–H and O–H groups in total. The maximum Gasteiger partial charge on any atom is 0.191 e. The van der Waals surface area contributed by atoms with Crippen LogP contribution in [0.1, 0.15) is 12.6 Å². The van der Waals surface area contributed by atoms with Crippen LogP contribution in [-0.4, -0.2) is 37.4 Å². The van der Waals surface area contributed by atoms with Gasteiger partial charge in [0.2, 0.25) is 0 Å². The number of aromatic nitrogens is 1. The molecule has 2 rings (SSSR count). The zero-order valence-electron chi connectivity index (χ0n) is 15.4. The highest BCUT2D eigenvalue weighted by Crippen LogP contribution is 2.29. The first-order chi connectivity index (χ1) is 12.2. The standard InChI is InChI=1S/C19H26N4OS.HI/c1-15(14-25-18-10-5-4-9-17(18)24-3)12-22-19(20-2)23-13-16-8-6-7-11-21-16;/h4-11,15H,12-14H2,1-3H3,(H2,20,22,23);1H. The van der Waals surface area contributed by atoms with Crippen LogP contribution in [0.2, 0.25) is 0 Å². The Morgan fingerprint density at radius 3 is 2.65 bits per heavy atom. The minimum Gasteiger partial charge on any atom is -0.496 e. The highest BCUT2D eigenvalue weighted by Gasteiger charge is 2.08. The van der Waals surface area contributed by atoms with Crippen molar-refractivity contribution in [3.05, 3.63) is 54.4 Å². The highest BCUT2D eigenvalue weighted by molar-refractivity contribution is 14.0. The van der Waals surface area contributed by atoms with Crippen LogP contribution in [0.25, 0.3) is 0 Å². The van der Waals surface area contributed by atoms with Crippen LogP contribution in [0, 0.1) is 5.92 Å². The van der Waals surface area contributed by atoms with Crippen molar-refractivity contribution < 1.29 is 4.74 Å². The molecular formula is C19H27IN4OS. The molecule has 1 unspecified atom stereocenters. The second-order valence-electron chi connectivity index (χ2n) is 5.69. The molecule has 5 nitrogen and oxygen atoms in total. The first-order valence-electron chi connectivity index (χ1n) is 8.33. The van der Waals surface area contributed by atoms with E-state index < -0.39 is 0 Å². The Morgan fingerprint density at radius 2 is 1.96 bits per heavy atom. The van der Waals surface area contributed by atoms with E-state index in [1.807, 2.05) is 48.2 Å². The molecule has 0 bridgehead atoms. The number of hydrogen-bond acceptors (Lipinski definition) is 4. The fourth-order valence-electron chi connectivity index (χ4n) is 2.20. The normalized spacial score (nSPS) is 12.0. The van der Waals surface area contributed by atoms with Gasteiger partial charge in [0, 0.05) is 30.4 Å². The van der Waals surface area contributed by atoms with Gasteiger partial charge < -0.3 is 15.4 Å². The molecule has 7 heteroatoms. The predicted molar refractivity (Wildman–Crippen MR) is 121 cm³/mol. The average Bonchev–Trinajstić information content (AvgIpc) is 2.67. The zero-order valence-corrected chi connectivity index (χ0v) is 18.6. The summed E-state index contributed by atoms with van der Waals surface area (Å²) in [5.74, 6) is 3.22. The molecule has 0 aliphatic rings. The van der Waals surface area contributed by atoms with Gasteiger partial charge in [-0.25, -0.2) is 0 Å². The number of aliphatic imine (C=N–C) groups is 1. The lowest BCUT2D eigenvalue weighted by molar-refractivity contribution is 0.405. The fraction of sp³-hybridized carbons (Fsp3) is 0.368. The summed E-state index contributed by atoms with van der Waals surface area (Å²) in [6.45, 7) is 3.73. The molecule has 1 aromatic heterocycles. The van der Waals surface area contributed by atoms with Gasteiger partial charge in [-0.05, 0) is 30.2 Å². The smallest absolute Gasteiger partial charge is 0.191 e. The van der Waals surface area contributed by atoms with E-state index in [-0.39, 0.29) is 24.0 Å². The lowest BCUT2D eigenvalue weighted by Gasteiger charge is -2.16. The number of nitrogens with zero attached hydrogens (tertiary/aromatic N) is 2. The molecule has 0 radical (unpaired) electrons. The summed E-state index contributed by atoms with van der Waals surface area (Å²) in [7, 11) is 3.49. The van der Waals surface area contributed by atoms with Crippen LogP contribution >= 0.6 is 35.7 Å². The number of methoxy groups -OCH3 is 1. The van der Waals surface area contributed by atoms with Gasteiger partial charge >= 0.3 is 0 Å². The Labute approximate surface area is 177 Å². The number of hydrogen-bond donors (Lipinski definition) is 2. The molecular weight excluding hydrogens is 459 g/mol. The van der Waals surface area contributed by atoms with Gasteiger partial charge in [-0.15, -0.1) is 35.7 Å².